The van der Waals surface area contributed by atoms with Gasteiger partial charge in [-0.1, -0.05) is 71.2 Å². The molecule has 0 fully saturated rings. The van der Waals surface area contributed by atoms with Crippen molar-refractivity contribution < 1.29 is 14.7 Å². The monoisotopic (exact) mass is 462 g/mol. The van der Waals surface area contributed by atoms with Crippen LogP contribution in [-0.2, 0) is 4.79 Å². The molecule has 2 rings (SSSR count). The summed E-state index contributed by atoms with van der Waals surface area (Å²) in [5.74, 6) is 4.98. The first kappa shape index (κ1) is 25.6. The molecule has 0 bridgehead atoms. The molecular weight excluding hydrogens is 428 g/mol. The normalized spacial score (nSPS) is 15.2. The Morgan fingerprint density at radius 3 is 2.35 bits per heavy atom. The molecule has 0 saturated heterocycles. The number of rotatable bonds is 7. The van der Waals surface area contributed by atoms with E-state index in [-0.39, 0.29) is 5.04 Å². The Morgan fingerprint density at radius 2 is 1.81 bits per heavy atom. The van der Waals surface area contributed by atoms with Gasteiger partial charge in [0.2, 0.25) is 0 Å². The summed E-state index contributed by atoms with van der Waals surface area (Å²) < 4.78 is 0. The molecule has 5 nitrogen and oxygen atoms in total. The van der Waals surface area contributed by atoms with Crippen LogP contribution in [0.1, 0.15) is 57.0 Å². The molecule has 1 aliphatic heterocycles. The molecule has 1 atom stereocenters. The van der Waals surface area contributed by atoms with Gasteiger partial charge in [-0.2, -0.15) is 0 Å². The summed E-state index contributed by atoms with van der Waals surface area (Å²) in [4.78, 5) is 29.1. The summed E-state index contributed by atoms with van der Waals surface area (Å²) >= 11 is 6.31. The van der Waals surface area contributed by atoms with Crippen molar-refractivity contribution in [2.75, 3.05) is 31.1 Å². The van der Waals surface area contributed by atoms with Crippen molar-refractivity contribution in [1.29, 1.82) is 0 Å². The lowest BCUT2D eigenvalue weighted by Crippen LogP contribution is -2.49. The maximum absolute atomic E-state index is 12.8. The van der Waals surface area contributed by atoms with Gasteiger partial charge in [0.25, 0.3) is 11.7 Å². The van der Waals surface area contributed by atoms with Gasteiger partial charge in [0.1, 0.15) is 0 Å². The third-order valence-corrected chi connectivity index (χ3v) is 12.8. The number of carbonyl (C=O) groups excluding carboxylic acids is 2. The van der Waals surface area contributed by atoms with Gasteiger partial charge < -0.3 is 14.9 Å². The maximum Gasteiger partial charge on any atom is 0.299 e. The van der Waals surface area contributed by atoms with Gasteiger partial charge in [0, 0.05) is 30.1 Å². The predicted octanol–water partition coefficient (Wildman–Crippen LogP) is 4.36. The number of benzene rings is 1. The van der Waals surface area contributed by atoms with Crippen LogP contribution in [0.2, 0.25) is 23.2 Å². The number of anilines is 1. The van der Waals surface area contributed by atoms with Gasteiger partial charge in [0.15, 0.2) is 0 Å². The standard InChI is InChI=1S/C24H35ClN2O3Si/c1-8-26(9-2)13-14-27-19-16-18(25)15-17(21(19)22(29)23(27)30)11-10-12-20(28)31(6,7)24(3,4)5/h15-16,20,28H,8-9,12-14H2,1-7H3. The quantitative estimate of drug-likeness (QED) is 0.371. The fraction of sp³-hybridized carbons (Fsp3) is 0.583. The van der Waals surface area contributed by atoms with E-state index in [2.05, 4.69) is 64.5 Å². The zero-order valence-electron chi connectivity index (χ0n) is 19.8. The van der Waals surface area contributed by atoms with Crippen molar-refractivity contribution in [1.82, 2.24) is 4.90 Å². The van der Waals surface area contributed by atoms with Gasteiger partial charge >= 0.3 is 0 Å². The number of ketones is 1. The molecule has 7 heteroatoms. The van der Waals surface area contributed by atoms with E-state index >= 15 is 0 Å². The van der Waals surface area contributed by atoms with Crippen LogP contribution >= 0.6 is 11.6 Å². The Balaban J connectivity index is 2.32. The zero-order chi connectivity index (χ0) is 23.6. The van der Waals surface area contributed by atoms with Crippen molar-refractivity contribution in [3.05, 3.63) is 28.3 Å². The fourth-order valence-corrected chi connectivity index (χ4v) is 5.31. The Kier molecular flexibility index (Phi) is 8.15. The Morgan fingerprint density at radius 1 is 1.19 bits per heavy atom. The van der Waals surface area contributed by atoms with E-state index in [1.807, 2.05) is 0 Å². The minimum absolute atomic E-state index is 0.0408. The first-order chi connectivity index (χ1) is 14.3. The van der Waals surface area contributed by atoms with Crippen LogP contribution in [0, 0.1) is 11.8 Å². The molecule has 1 N–H and O–H groups in total. The van der Waals surface area contributed by atoms with Crippen molar-refractivity contribution in [2.24, 2.45) is 0 Å². The molecular formula is C24H35ClN2O3Si. The molecule has 0 saturated carbocycles. The van der Waals surface area contributed by atoms with Gasteiger partial charge in [-0.3, -0.25) is 9.59 Å². The number of hydrogen-bond acceptors (Lipinski definition) is 4. The Bertz CT molecular complexity index is 908. The number of hydrogen-bond donors (Lipinski definition) is 1. The first-order valence-corrected chi connectivity index (χ1v) is 14.4. The summed E-state index contributed by atoms with van der Waals surface area (Å²) in [6.45, 7) is 17.8. The zero-order valence-corrected chi connectivity index (χ0v) is 21.6. The number of amides is 1. The molecule has 1 amide bonds. The maximum atomic E-state index is 12.8. The molecule has 1 aliphatic rings. The molecule has 1 aromatic rings. The van der Waals surface area contributed by atoms with Crippen molar-refractivity contribution in [3.8, 4) is 11.8 Å². The second-order valence-electron chi connectivity index (χ2n) is 9.65. The smallest absolute Gasteiger partial charge is 0.299 e. The lowest BCUT2D eigenvalue weighted by atomic mass is 10.0. The van der Waals surface area contributed by atoms with E-state index in [4.69, 9.17) is 11.6 Å². The average molecular weight is 463 g/mol. The molecule has 0 aliphatic carbocycles. The Hall–Kier alpha value is -1.65. The highest BCUT2D eigenvalue weighted by Gasteiger charge is 2.41. The number of likely N-dealkylation sites (N-methyl/N-ethyl adjacent to an activating group) is 1. The number of carbonyl (C=O) groups is 2. The highest BCUT2D eigenvalue weighted by atomic mass is 35.5. The van der Waals surface area contributed by atoms with E-state index in [0.717, 1.165) is 13.1 Å². The van der Waals surface area contributed by atoms with Crippen LogP contribution in [-0.4, -0.2) is 61.7 Å². The van der Waals surface area contributed by atoms with Crippen LogP contribution < -0.4 is 4.90 Å². The number of nitrogens with zero attached hydrogens (tertiary/aromatic N) is 2. The largest absolute Gasteiger partial charge is 0.396 e. The lowest BCUT2D eigenvalue weighted by Gasteiger charge is -2.40. The highest BCUT2D eigenvalue weighted by Crippen LogP contribution is 2.39. The van der Waals surface area contributed by atoms with E-state index in [1.165, 1.54) is 4.90 Å². The van der Waals surface area contributed by atoms with Crippen LogP contribution in [0.15, 0.2) is 12.1 Å². The van der Waals surface area contributed by atoms with E-state index in [9.17, 15) is 14.7 Å². The summed E-state index contributed by atoms with van der Waals surface area (Å²) in [5, 5.41) is 11.2. The number of aliphatic hydroxyl groups is 1. The van der Waals surface area contributed by atoms with Gasteiger partial charge in [-0.25, -0.2) is 0 Å². The minimum atomic E-state index is -1.95. The predicted molar refractivity (Wildman–Crippen MR) is 131 cm³/mol. The van der Waals surface area contributed by atoms with Crippen LogP contribution in [0.4, 0.5) is 5.69 Å². The topological polar surface area (TPSA) is 60.9 Å². The second-order valence-corrected chi connectivity index (χ2v) is 15.7. The summed E-state index contributed by atoms with van der Waals surface area (Å²) in [7, 11) is -1.95. The molecule has 31 heavy (non-hydrogen) atoms. The third-order valence-electron chi connectivity index (χ3n) is 6.86. The lowest BCUT2D eigenvalue weighted by molar-refractivity contribution is -0.114. The number of Topliss-reactive ketones (excluding diaryl/α,β-unsaturated/α-hetero) is 1. The van der Waals surface area contributed by atoms with E-state index < -0.39 is 25.5 Å². The van der Waals surface area contributed by atoms with Crippen LogP contribution in [0.3, 0.4) is 0 Å². The third kappa shape index (κ3) is 5.40. The van der Waals surface area contributed by atoms with Crippen molar-refractivity contribution >= 4 is 37.1 Å². The van der Waals surface area contributed by atoms with E-state index in [1.54, 1.807) is 12.1 Å². The number of fused-ring (bicyclic) bond motifs is 1. The highest BCUT2D eigenvalue weighted by molar-refractivity contribution is 6.81. The molecule has 1 heterocycles. The molecule has 0 radical (unpaired) electrons. The number of halogens is 1. The summed E-state index contributed by atoms with van der Waals surface area (Å²) in [5.41, 5.74) is 0.816. The summed E-state index contributed by atoms with van der Waals surface area (Å²) in [6.07, 6.45) is 0.325. The fourth-order valence-electron chi connectivity index (χ4n) is 3.48. The van der Waals surface area contributed by atoms with Gasteiger partial charge in [-0.05, 0) is 30.3 Å². The summed E-state index contributed by atoms with van der Waals surface area (Å²) in [6, 6.07) is 3.29. The minimum Gasteiger partial charge on any atom is -0.396 e. The van der Waals surface area contributed by atoms with Crippen molar-refractivity contribution in [2.45, 2.75) is 64.9 Å². The second kappa shape index (κ2) is 9.87. The SMILES string of the molecule is CCN(CC)CCN1C(=O)C(=O)c2c(C#CCC(O)[Si](C)(C)C(C)(C)C)cc(Cl)cc21. The molecule has 0 aromatic heterocycles. The average Bonchev–Trinajstić information content (AvgIpc) is 2.92. The first-order valence-electron chi connectivity index (χ1n) is 10.9. The Labute approximate surface area is 192 Å². The molecule has 0 spiro atoms. The van der Waals surface area contributed by atoms with Gasteiger partial charge in [0.05, 0.1) is 25.1 Å². The van der Waals surface area contributed by atoms with Crippen molar-refractivity contribution in [3.63, 3.8) is 0 Å². The number of aliphatic hydroxyl groups excluding tert-OH is 1. The van der Waals surface area contributed by atoms with Gasteiger partial charge in [-0.15, -0.1) is 0 Å². The molecule has 170 valence electrons. The van der Waals surface area contributed by atoms with E-state index in [0.29, 0.717) is 41.3 Å². The van der Waals surface area contributed by atoms with Crippen LogP contribution in [0.5, 0.6) is 0 Å². The molecule has 1 unspecified atom stereocenters. The van der Waals surface area contributed by atoms with Crippen LogP contribution in [0.25, 0.3) is 0 Å². The molecule has 1 aromatic carbocycles.